The highest BCUT2D eigenvalue weighted by Gasteiger charge is 2.22. The lowest BCUT2D eigenvalue weighted by molar-refractivity contribution is -0.118. The maximum atomic E-state index is 12.6. The van der Waals surface area contributed by atoms with Crippen LogP contribution in [-0.4, -0.2) is 31.0 Å². The second kappa shape index (κ2) is 8.93. The molecule has 142 valence electrons. The predicted molar refractivity (Wildman–Crippen MR) is 107 cm³/mol. The van der Waals surface area contributed by atoms with E-state index in [2.05, 4.69) is 10.2 Å². The highest BCUT2D eigenvalue weighted by molar-refractivity contribution is 6.30. The number of rotatable bonds is 6. The number of methoxy groups -OCH3 is 1. The number of nitrogens with two attached hydrogens (primary N) is 1. The third-order valence-corrected chi connectivity index (χ3v) is 4.94. The predicted octanol–water partition coefficient (Wildman–Crippen LogP) is 3.08. The molecule has 0 fully saturated rings. The standard InChI is InChI=1S/C21H24ClN3O2/c1-27-20-5-3-2-4-16(20)12-24-21(26)18-10-11-25(14-19(18)23)13-15-6-8-17(22)9-7-15/h2-9H,10-14,23H2,1H3,(H,24,26). The average molecular weight is 386 g/mol. The van der Waals surface area contributed by atoms with E-state index in [1.165, 1.54) is 5.56 Å². The van der Waals surface area contributed by atoms with Crippen molar-refractivity contribution in [3.8, 4) is 5.75 Å². The second-order valence-electron chi connectivity index (χ2n) is 6.59. The van der Waals surface area contributed by atoms with Crippen molar-refractivity contribution >= 4 is 17.5 Å². The Morgan fingerprint density at radius 3 is 2.67 bits per heavy atom. The first-order chi connectivity index (χ1) is 13.1. The molecule has 0 spiro atoms. The minimum atomic E-state index is -0.107. The van der Waals surface area contributed by atoms with Crippen LogP contribution in [0.3, 0.4) is 0 Å². The van der Waals surface area contributed by atoms with Crippen molar-refractivity contribution in [1.29, 1.82) is 0 Å². The molecule has 0 radical (unpaired) electrons. The summed E-state index contributed by atoms with van der Waals surface area (Å²) in [6, 6.07) is 15.4. The van der Waals surface area contributed by atoms with Gasteiger partial charge in [-0.05, 0) is 30.2 Å². The van der Waals surface area contributed by atoms with Gasteiger partial charge < -0.3 is 15.8 Å². The molecule has 1 amide bonds. The van der Waals surface area contributed by atoms with Crippen molar-refractivity contribution in [3.63, 3.8) is 0 Å². The number of carbonyl (C=O) groups is 1. The highest BCUT2D eigenvalue weighted by Crippen LogP contribution is 2.20. The minimum Gasteiger partial charge on any atom is -0.496 e. The normalized spacial score (nSPS) is 14.9. The second-order valence-corrected chi connectivity index (χ2v) is 7.02. The summed E-state index contributed by atoms with van der Waals surface area (Å²) in [5.74, 6) is 0.655. The molecule has 1 aliphatic heterocycles. The third kappa shape index (κ3) is 5.02. The lowest BCUT2D eigenvalue weighted by Crippen LogP contribution is -2.38. The Labute approximate surface area is 164 Å². The summed E-state index contributed by atoms with van der Waals surface area (Å²) in [4.78, 5) is 14.8. The molecule has 0 atom stereocenters. The molecular formula is C21H24ClN3O2. The number of amides is 1. The zero-order valence-corrected chi connectivity index (χ0v) is 16.1. The molecule has 1 aliphatic rings. The molecule has 0 bridgehead atoms. The number of nitrogens with one attached hydrogen (secondary N) is 1. The summed E-state index contributed by atoms with van der Waals surface area (Å²) in [5.41, 5.74) is 9.63. The van der Waals surface area contributed by atoms with Gasteiger partial charge in [-0.25, -0.2) is 0 Å². The van der Waals surface area contributed by atoms with E-state index < -0.39 is 0 Å². The molecule has 0 saturated carbocycles. The Morgan fingerprint density at radius 1 is 1.22 bits per heavy atom. The fraction of sp³-hybridized carbons (Fsp3) is 0.286. The number of carbonyl (C=O) groups excluding carboxylic acids is 1. The van der Waals surface area contributed by atoms with Gasteiger partial charge in [0.25, 0.3) is 0 Å². The van der Waals surface area contributed by atoms with Crippen LogP contribution in [0.2, 0.25) is 5.02 Å². The average Bonchev–Trinajstić information content (AvgIpc) is 2.68. The first kappa shape index (κ1) is 19.3. The van der Waals surface area contributed by atoms with Gasteiger partial charge in [-0.3, -0.25) is 9.69 Å². The van der Waals surface area contributed by atoms with Gasteiger partial charge in [0.2, 0.25) is 5.91 Å². The van der Waals surface area contributed by atoms with Crippen LogP contribution >= 0.6 is 11.6 Å². The SMILES string of the molecule is COc1ccccc1CNC(=O)C1=C(N)CN(Cc2ccc(Cl)cc2)CC1. The van der Waals surface area contributed by atoms with E-state index in [0.717, 1.165) is 29.4 Å². The fourth-order valence-electron chi connectivity index (χ4n) is 3.22. The molecule has 2 aromatic rings. The van der Waals surface area contributed by atoms with E-state index in [0.29, 0.717) is 30.8 Å². The molecule has 0 saturated heterocycles. The number of hydrogen-bond donors (Lipinski definition) is 2. The van der Waals surface area contributed by atoms with Crippen LogP contribution in [0.4, 0.5) is 0 Å². The summed E-state index contributed by atoms with van der Waals surface area (Å²) < 4.78 is 5.32. The number of hydrogen-bond acceptors (Lipinski definition) is 4. The van der Waals surface area contributed by atoms with Gasteiger partial charge in [0.15, 0.2) is 0 Å². The van der Waals surface area contributed by atoms with Crippen LogP contribution in [0.25, 0.3) is 0 Å². The van der Waals surface area contributed by atoms with Gasteiger partial charge in [-0.15, -0.1) is 0 Å². The highest BCUT2D eigenvalue weighted by atomic mass is 35.5. The van der Waals surface area contributed by atoms with Gasteiger partial charge in [-0.2, -0.15) is 0 Å². The van der Waals surface area contributed by atoms with Gasteiger partial charge in [0, 0.05) is 48.0 Å². The molecule has 0 aromatic heterocycles. The first-order valence-electron chi connectivity index (χ1n) is 8.91. The Kier molecular flexibility index (Phi) is 6.37. The van der Waals surface area contributed by atoms with E-state index in [1.807, 2.05) is 48.5 Å². The lowest BCUT2D eigenvalue weighted by Gasteiger charge is -2.29. The van der Waals surface area contributed by atoms with Crippen molar-refractivity contribution in [2.75, 3.05) is 20.2 Å². The topological polar surface area (TPSA) is 67.6 Å². The minimum absolute atomic E-state index is 0.107. The zero-order chi connectivity index (χ0) is 19.2. The summed E-state index contributed by atoms with van der Waals surface area (Å²) in [6.07, 6.45) is 0.636. The Hall–Kier alpha value is -2.50. The van der Waals surface area contributed by atoms with E-state index in [1.54, 1.807) is 7.11 Å². The van der Waals surface area contributed by atoms with Crippen LogP contribution in [0, 0.1) is 0 Å². The molecule has 0 unspecified atom stereocenters. The van der Waals surface area contributed by atoms with Crippen LogP contribution in [0.5, 0.6) is 5.75 Å². The number of nitrogens with zero attached hydrogens (tertiary/aromatic N) is 1. The van der Waals surface area contributed by atoms with Crippen molar-refractivity contribution in [2.24, 2.45) is 5.73 Å². The van der Waals surface area contributed by atoms with Crippen molar-refractivity contribution in [2.45, 2.75) is 19.5 Å². The van der Waals surface area contributed by atoms with Gasteiger partial charge >= 0.3 is 0 Å². The van der Waals surface area contributed by atoms with Crippen LogP contribution in [0.15, 0.2) is 59.8 Å². The molecule has 2 aromatic carbocycles. The van der Waals surface area contributed by atoms with Crippen LogP contribution in [0.1, 0.15) is 17.5 Å². The molecular weight excluding hydrogens is 362 g/mol. The monoisotopic (exact) mass is 385 g/mol. The van der Waals surface area contributed by atoms with E-state index >= 15 is 0 Å². The molecule has 0 aliphatic carbocycles. The van der Waals surface area contributed by atoms with Gasteiger partial charge in [-0.1, -0.05) is 41.9 Å². The largest absolute Gasteiger partial charge is 0.496 e. The Bertz CT molecular complexity index is 834. The number of benzene rings is 2. The number of ether oxygens (including phenoxy) is 1. The smallest absolute Gasteiger partial charge is 0.249 e. The van der Waals surface area contributed by atoms with Crippen LogP contribution in [-0.2, 0) is 17.9 Å². The number of para-hydroxylation sites is 1. The van der Waals surface area contributed by atoms with Gasteiger partial charge in [0.05, 0.1) is 7.11 Å². The molecule has 3 N–H and O–H groups in total. The van der Waals surface area contributed by atoms with Crippen molar-refractivity contribution in [1.82, 2.24) is 10.2 Å². The maximum Gasteiger partial charge on any atom is 0.249 e. The van der Waals surface area contributed by atoms with Crippen LogP contribution < -0.4 is 15.8 Å². The van der Waals surface area contributed by atoms with Crippen molar-refractivity contribution < 1.29 is 9.53 Å². The third-order valence-electron chi connectivity index (χ3n) is 4.69. The summed E-state index contributed by atoms with van der Waals surface area (Å²) >= 11 is 5.93. The Morgan fingerprint density at radius 2 is 1.96 bits per heavy atom. The molecule has 6 heteroatoms. The van der Waals surface area contributed by atoms with Gasteiger partial charge in [0.1, 0.15) is 5.75 Å². The first-order valence-corrected chi connectivity index (χ1v) is 9.29. The van der Waals surface area contributed by atoms with E-state index in [4.69, 9.17) is 22.1 Å². The maximum absolute atomic E-state index is 12.6. The lowest BCUT2D eigenvalue weighted by atomic mass is 10.0. The molecule has 5 nitrogen and oxygen atoms in total. The van der Waals surface area contributed by atoms with E-state index in [9.17, 15) is 4.79 Å². The quantitative estimate of drug-likeness (QED) is 0.801. The molecule has 27 heavy (non-hydrogen) atoms. The summed E-state index contributed by atoms with van der Waals surface area (Å²) in [7, 11) is 1.62. The Balaban J connectivity index is 1.58. The zero-order valence-electron chi connectivity index (χ0n) is 15.4. The van der Waals surface area contributed by atoms with E-state index in [-0.39, 0.29) is 5.91 Å². The van der Waals surface area contributed by atoms with Crippen molar-refractivity contribution in [3.05, 3.63) is 76.0 Å². The molecule has 1 heterocycles. The number of halogens is 1. The summed E-state index contributed by atoms with van der Waals surface area (Å²) in [5, 5.41) is 3.68. The summed E-state index contributed by atoms with van der Waals surface area (Å²) in [6.45, 7) is 2.57. The molecule has 3 rings (SSSR count). The fourth-order valence-corrected chi connectivity index (χ4v) is 3.35.